The van der Waals surface area contributed by atoms with Crippen LogP contribution in [0.15, 0.2) is 52.0 Å². The highest BCUT2D eigenvalue weighted by atomic mass is 79.9. The minimum absolute atomic E-state index is 0.0755. The Morgan fingerprint density at radius 2 is 2.00 bits per heavy atom. The third kappa shape index (κ3) is 5.13. The summed E-state index contributed by atoms with van der Waals surface area (Å²) in [5, 5.41) is 7.37. The molecule has 2 rings (SSSR count). The number of hydrogen-bond acceptors (Lipinski definition) is 3. The minimum Gasteiger partial charge on any atom is -0.376 e. The quantitative estimate of drug-likeness (QED) is 0.608. The van der Waals surface area contributed by atoms with Gasteiger partial charge in [-0.2, -0.15) is 5.10 Å². The third-order valence-electron chi connectivity index (χ3n) is 2.64. The van der Waals surface area contributed by atoms with E-state index in [1.54, 1.807) is 36.4 Å². The van der Waals surface area contributed by atoms with Gasteiger partial charge in [0.1, 0.15) is 5.82 Å². The van der Waals surface area contributed by atoms with E-state index in [4.69, 9.17) is 11.6 Å². The van der Waals surface area contributed by atoms with Crippen LogP contribution in [-0.2, 0) is 4.79 Å². The third-order valence-corrected chi connectivity index (χ3v) is 3.50. The average Bonchev–Trinajstić information content (AvgIpc) is 2.50. The minimum atomic E-state index is -0.353. The van der Waals surface area contributed by atoms with E-state index in [0.29, 0.717) is 15.1 Å². The first-order valence-electron chi connectivity index (χ1n) is 6.31. The van der Waals surface area contributed by atoms with E-state index in [-0.39, 0.29) is 18.3 Å². The normalized spacial score (nSPS) is 10.7. The fourth-order valence-corrected chi connectivity index (χ4v) is 2.08. The maximum Gasteiger partial charge on any atom is 0.259 e. The molecule has 1 amide bonds. The van der Waals surface area contributed by atoms with Gasteiger partial charge in [0.25, 0.3) is 5.91 Å². The molecule has 0 aliphatic heterocycles. The summed E-state index contributed by atoms with van der Waals surface area (Å²) in [6.07, 6.45) is 1.43. The molecule has 0 radical (unpaired) electrons. The molecular formula is C15H12BrClFN3O. The van der Waals surface area contributed by atoms with Crippen molar-refractivity contribution in [1.29, 1.82) is 0 Å². The molecule has 2 aromatic carbocycles. The van der Waals surface area contributed by atoms with E-state index in [1.165, 1.54) is 12.3 Å². The van der Waals surface area contributed by atoms with Gasteiger partial charge in [0.2, 0.25) is 0 Å². The molecule has 0 unspecified atom stereocenters. The lowest BCUT2D eigenvalue weighted by Gasteiger charge is -2.05. The van der Waals surface area contributed by atoms with Crippen LogP contribution in [-0.4, -0.2) is 18.7 Å². The van der Waals surface area contributed by atoms with Gasteiger partial charge in [-0.25, -0.2) is 9.82 Å². The Hall–Kier alpha value is -1.92. The molecule has 4 nitrogen and oxygen atoms in total. The van der Waals surface area contributed by atoms with Crippen molar-refractivity contribution in [3.05, 3.63) is 63.3 Å². The first-order valence-corrected chi connectivity index (χ1v) is 7.48. The number of carbonyl (C=O) groups is 1. The number of rotatable bonds is 5. The zero-order valence-corrected chi connectivity index (χ0v) is 13.7. The van der Waals surface area contributed by atoms with Gasteiger partial charge in [0, 0.05) is 10.7 Å². The summed E-state index contributed by atoms with van der Waals surface area (Å²) in [5.41, 5.74) is 3.83. The van der Waals surface area contributed by atoms with Gasteiger partial charge in [-0.3, -0.25) is 4.79 Å². The Kier molecular flexibility index (Phi) is 5.91. The molecule has 22 heavy (non-hydrogen) atoms. The standard InChI is InChI=1S/C15H12BrClFN3O/c16-13-7-10(1-6-14(13)18)8-20-21-15(22)9-19-12-4-2-11(17)3-5-12/h1-8,19H,9H2,(H,21,22)/b20-8-. The van der Waals surface area contributed by atoms with Crippen LogP contribution in [0.2, 0.25) is 5.02 Å². The smallest absolute Gasteiger partial charge is 0.259 e. The highest BCUT2D eigenvalue weighted by Gasteiger charge is 2.00. The monoisotopic (exact) mass is 383 g/mol. The Labute approximate surface area is 140 Å². The molecule has 0 aliphatic carbocycles. The van der Waals surface area contributed by atoms with Crippen LogP contribution in [0.1, 0.15) is 5.56 Å². The summed E-state index contributed by atoms with van der Waals surface area (Å²) in [6, 6.07) is 11.4. The Balaban J connectivity index is 1.80. The van der Waals surface area contributed by atoms with Gasteiger partial charge < -0.3 is 5.32 Å². The summed E-state index contributed by atoms with van der Waals surface area (Å²) in [7, 11) is 0. The predicted molar refractivity (Wildman–Crippen MR) is 89.8 cm³/mol. The summed E-state index contributed by atoms with van der Waals surface area (Å²) in [5.74, 6) is -0.652. The van der Waals surface area contributed by atoms with Gasteiger partial charge in [0.05, 0.1) is 17.2 Å². The van der Waals surface area contributed by atoms with Crippen molar-refractivity contribution in [2.24, 2.45) is 5.10 Å². The van der Waals surface area contributed by atoms with Gasteiger partial charge in [-0.1, -0.05) is 17.7 Å². The zero-order valence-electron chi connectivity index (χ0n) is 11.3. The van der Waals surface area contributed by atoms with Crippen LogP contribution in [0, 0.1) is 5.82 Å². The molecule has 0 aromatic heterocycles. The number of nitrogens with one attached hydrogen (secondary N) is 2. The maximum absolute atomic E-state index is 13.1. The van der Waals surface area contributed by atoms with Crippen molar-refractivity contribution < 1.29 is 9.18 Å². The van der Waals surface area contributed by atoms with E-state index in [2.05, 4.69) is 31.8 Å². The number of carbonyl (C=O) groups excluding carboxylic acids is 1. The number of halogens is 3. The second-order valence-electron chi connectivity index (χ2n) is 4.33. The number of hydrazone groups is 1. The largest absolute Gasteiger partial charge is 0.376 e. The van der Waals surface area contributed by atoms with Crippen LogP contribution in [0.4, 0.5) is 10.1 Å². The lowest BCUT2D eigenvalue weighted by atomic mass is 10.2. The number of amides is 1. The molecule has 0 heterocycles. The van der Waals surface area contributed by atoms with Crippen molar-refractivity contribution in [2.75, 3.05) is 11.9 Å². The number of nitrogens with zero attached hydrogens (tertiary/aromatic N) is 1. The summed E-state index contributed by atoms with van der Waals surface area (Å²) >= 11 is 8.85. The van der Waals surface area contributed by atoms with Gasteiger partial charge in [-0.05, 0) is 57.9 Å². The molecule has 114 valence electrons. The van der Waals surface area contributed by atoms with Crippen molar-refractivity contribution in [2.45, 2.75) is 0 Å². The van der Waals surface area contributed by atoms with E-state index in [0.717, 1.165) is 5.69 Å². The molecule has 0 saturated carbocycles. The molecule has 2 N–H and O–H groups in total. The van der Waals surface area contributed by atoms with Crippen molar-refractivity contribution in [3.63, 3.8) is 0 Å². The highest BCUT2D eigenvalue weighted by Crippen LogP contribution is 2.15. The van der Waals surface area contributed by atoms with E-state index in [1.807, 2.05) is 0 Å². The lowest BCUT2D eigenvalue weighted by molar-refractivity contribution is -0.119. The molecule has 0 saturated heterocycles. The molecule has 0 atom stereocenters. The SMILES string of the molecule is O=C(CNc1ccc(Cl)cc1)N/N=C\c1ccc(F)c(Br)c1. The van der Waals surface area contributed by atoms with Crippen LogP contribution in [0.25, 0.3) is 0 Å². The summed E-state index contributed by atoms with van der Waals surface area (Å²) in [4.78, 5) is 11.6. The number of anilines is 1. The summed E-state index contributed by atoms with van der Waals surface area (Å²) in [6.45, 7) is 0.0755. The van der Waals surface area contributed by atoms with E-state index >= 15 is 0 Å². The fourth-order valence-electron chi connectivity index (χ4n) is 1.56. The van der Waals surface area contributed by atoms with Crippen molar-refractivity contribution in [1.82, 2.24) is 5.43 Å². The zero-order chi connectivity index (χ0) is 15.9. The van der Waals surface area contributed by atoms with Gasteiger partial charge in [-0.15, -0.1) is 0 Å². The molecular weight excluding hydrogens is 373 g/mol. The molecule has 0 spiro atoms. The predicted octanol–water partition coefficient (Wildman–Crippen LogP) is 3.80. The van der Waals surface area contributed by atoms with Crippen LogP contribution in [0.3, 0.4) is 0 Å². The van der Waals surface area contributed by atoms with Crippen molar-refractivity contribution >= 4 is 45.3 Å². The first kappa shape index (κ1) is 16.5. The maximum atomic E-state index is 13.1. The first-order chi connectivity index (χ1) is 10.5. The van der Waals surface area contributed by atoms with Crippen LogP contribution < -0.4 is 10.7 Å². The molecule has 0 fully saturated rings. The van der Waals surface area contributed by atoms with Gasteiger partial charge in [0.15, 0.2) is 0 Å². The second kappa shape index (κ2) is 7.91. The van der Waals surface area contributed by atoms with Crippen LogP contribution in [0.5, 0.6) is 0 Å². The van der Waals surface area contributed by atoms with Gasteiger partial charge >= 0.3 is 0 Å². The average molecular weight is 385 g/mol. The van der Waals surface area contributed by atoms with E-state index < -0.39 is 0 Å². The Bertz CT molecular complexity index is 692. The Morgan fingerprint density at radius 3 is 2.68 bits per heavy atom. The summed E-state index contributed by atoms with van der Waals surface area (Å²) < 4.78 is 13.4. The number of hydrogen-bond donors (Lipinski definition) is 2. The molecule has 7 heteroatoms. The van der Waals surface area contributed by atoms with Crippen LogP contribution >= 0.6 is 27.5 Å². The van der Waals surface area contributed by atoms with Crippen molar-refractivity contribution in [3.8, 4) is 0 Å². The second-order valence-corrected chi connectivity index (χ2v) is 5.62. The topological polar surface area (TPSA) is 53.5 Å². The molecule has 2 aromatic rings. The molecule has 0 aliphatic rings. The fraction of sp³-hybridized carbons (Fsp3) is 0.0667. The Morgan fingerprint density at radius 1 is 1.27 bits per heavy atom. The van der Waals surface area contributed by atoms with E-state index in [9.17, 15) is 9.18 Å². The number of benzene rings is 2. The lowest BCUT2D eigenvalue weighted by Crippen LogP contribution is -2.25. The molecule has 0 bridgehead atoms. The highest BCUT2D eigenvalue weighted by molar-refractivity contribution is 9.10.